The summed E-state index contributed by atoms with van der Waals surface area (Å²) in [5.74, 6) is -0.830. The molecule has 0 spiro atoms. The molecule has 138 valence electrons. The Morgan fingerprint density at radius 3 is 2.19 bits per heavy atom. The van der Waals surface area contributed by atoms with Crippen LogP contribution in [0.25, 0.3) is 0 Å². The molecule has 0 fully saturated rings. The molecule has 0 aromatic heterocycles. The summed E-state index contributed by atoms with van der Waals surface area (Å²) in [7, 11) is 0. The Morgan fingerprint density at radius 2 is 1.58 bits per heavy atom. The Hall–Kier alpha value is -1.75. The third-order valence-corrected chi connectivity index (χ3v) is 4.93. The number of nitrogens with one attached hydrogen (secondary N) is 2. The Labute approximate surface area is 167 Å². The van der Waals surface area contributed by atoms with Crippen LogP contribution in [0.3, 0.4) is 0 Å². The zero-order chi connectivity index (χ0) is 19.4. The minimum Gasteiger partial charge on any atom is -0.340 e. The lowest BCUT2D eigenvalue weighted by molar-refractivity contribution is -0.118. The van der Waals surface area contributed by atoms with Crippen molar-refractivity contribution in [3.8, 4) is 0 Å². The molecule has 0 aliphatic carbocycles. The van der Waals surface area contributed by atoms with E-state index in [-0.39, 0.29) is 27.8 Å². The summed E-state index contributed by atoms with van der Waals surface area (Å²) in [5.41, 5.74) is 1.70. The smallest absolute Gasteiger partial charge is 0.252 e. The van der Waals surface area contributed by atoms with Gasteiger partial charge in [-0.2, -0.15) is 0 Å². The first kappa shape index (κ1) is 20.6. The molecule has 1 atom stereocenters. The minimum atomic E-state index is -0.743. The number of amides is 2. The standard InChI is InChI=1S/C19H19Cl3N2O2/c1-10(2)17(24-18(25)12-7-5-4-6-11(12)3)19(26)23-16-9-14(21)13(20)8-15(16)22/h4-10,17H,1-3H3,(H,23,26)(H,24,25)/t17-/m0/s1. The van der Waals surface area contributed by atoms with Gasteiger partial charge in [0.05, 0.1) is 20.8 Å². The summed E-state index contributed by atoms with van der Waals surface area (Å²) in [6, 6.07) is 9.38. The topological polar surface area (TPSA) is 58.2 Å². The van der Waals surface area contributed by atoms with Crippen LogP contribution in [-0.4, -0.2) is 17.9 Å². The van der Waals surface area contributed by atoms with E-state index in [4.69, 9.17) is 34.8 Å². The zero-order valence-corrected chi connectivity index (χ0v) is 16.8. The van der Waals surface area contributed by atoms with E-state index in [1.165, 1.54) is 12.1 Å². The van der Waals surface area contributed by atoms with Crippen molar-refractivity contribution < 1.29 is 9.59 Å². The number of carbonyl (C=O) groups excluding carboxylic acids is 2. The Morgan fingerprint density at radius 1 is 0.962 bits per heavy atom. The van der Waals surface area contributed by atoms with Crippen LogP contribution in [0.4, 0.5) is 5.69 Å². The van der Waals surface area contributed by atoms with Gasteiger partial charge in [0.1, 0.15) is 6.04 Å². The van der Waals surface area contributed by atoms with Crippen LogP contribution in [0.5, 0.6) is 0 Å². The number of aryl methyl sites for hydroxylation is 1. The molecule has 0 radical (unpaired) electrons. The normalized spacial score (nSPS) is 12.0. The third kappa shape index (κ3) is 4.91. The fourth-order valence-corrected chi connectivity index (χ4v) is 3.00. The molecule has 4 nitrogen and oxygen atoms in total. The predicted octanol–water partition coefficient (Wildman–Crippen LogP) is 5.35. The molecule has 0 saturated heterocycles. The fraction of sp³-hybridized carbons (Fsp3) is 0.263. The number of hydrogen-bond acceptors (Lipinski definition) is 2. The highest BCUT2D eigenvalue weighted by molar-refractivity contribution is 6.44. The first-order valence-electron chi connectivity index (χ1n) is 8.02. The molecule has 2 N–H and O–H groups in total. The second-order valence-electron chi connectivity index (χ2n) is 6.25. The van der Waals surface area contributed by atoms with Crippen LogP contribution in [0.15, 0.2) is 36.4 Å². The number of benzene rings is 2. The van der Waals surface area contributed by atoms with Crippen molar-refractivity contribution in [3.05, 3.63) is 62.6 Å². The quantitative estimate of drug-likeness (QED) is 0.649. The lowest BCUT2D eigenvalue weighted by atomic mass is 10.0. The molecular formula is C19H19Cl3N2O2. The van der Waals surface area contributed by atoms with Gasteiger partial charge in [0.15, 0.2) is 0 Å². The fourth-order valence-electron chi connectivity index (χ4n) is 2.41. The van der Waals surface area contributed by atoms with Crippen molar-refractivity contribution in [2.24, 2.45) is 5.92 Å². The van der Waals surface area contributed by atoms with Crippen molar-refractivity contribution in [3.63, 3.8) is 0 Å². The second-order valence-corrected chi connectivity index (χ2v) is 7.47. The van der Waals surface area contributed by atoms with E-state index in [1.54, 1.807) is 12.1 Å². The predicted molar refractivity (Wildman–Crippen MR) is 107 cm³/mol. The van der Waals surface area contributed by atoms with E-state index >= 15 is 0 Å². The highest BCUT2D eigenvalue weighted by Crippen LogP contribution is 2.32. The van der Waals surface area contributed by atoms with Crippen LogP contribution in [0.1, 0.15) is 29.8 Å². The molecular weight excluding hydrogens is 395 g/mol. The molecule has 2 amide bonds. The van der Waals surface area contributed by atoms with Gasteiger partial charge in [0.2, 0.25) is 5.91 Å². The Kier molecular flexibility index (Phi) is 6.93. The molecule has 2 aromatic rings. The van der Waals surface area contributed by atoms with Crippen LogP contribution in [-0.2, 0) is 4.79 Å². The Balaban J connectivity index is 2.19. The average Bonchev–Trinajstić information content (AvgIpc) is 2.57. The van der Waals surface area contributed by atoms with Gasteiger partial charge >= 0.3 is 0 Å². The van der Waals surface area contributed by atoms with Gasteiger partial charge in [-0.3, -0.25) is 9.59 Å². The summed E-state index contributed by atoms with van der Waals surface area (Å²) in [6.07, 6.45) is 0. The van der Waals surface area contributed by atoms with Crippen LogP contribution < -0.4 is 10.6 Å². The van der Waals surface area contributed by atoms with Crippen molar-refractivity contribution in [2.45, 2.75) is 26.8 Å². The van der Waals surface area contributed by atoms with Gasteiger partial charge in [-0.25, -0.2) is 0 Å². The van der Waals surface area contributed by atoms with Crippen LogP contribution in [0.2, 0.25) is 15.1 Å². The molecule has 0 heterocycles. The maximum absolute atomic E-state index is 12.7. The van der Waals surface area contributed by atoms with Crippen molar-refractivity contribution in [1.82, 2.24) is 5.32 Å². The van der Waals surface area contributed by atoms with Crippen LogP contribution in [0, 0.1) is 12.8 Å². The average molecular weight is 414 g/mol. The zero-order valence-electron chi connectivity index (χ0n) is 14.6. The van der Waals surface area contributed by atoms with Gasteiger partial charge in [-0.1, -0.05) is 66.8 Å². The first-order chi connectivity index (χ1) is 12.2. The van der Waals surface area contributed by atoms with E-state index in [0.29, 0.717) is 16.3 Å². The number of hydrogen-bond donors (Lipinski definition) is 2. The molecule has 0 saturated carbocycles. The van der Waals surface area contributed by atoms with Gasteiger partial charge < -0.3 is 10.6 Å². The molecule has 2 aromatic carbocycles. The number of rotatable bonds is 5. The molecule has 0 unspecified atom stereocenters. The van der Waals surface area contributed by atoms with E-state index in [2.05, 4.69) is 10.6 Å². The van der Waals surface area contributed by atoms with E-state index < -0.39 is 6.04 Å². The van der Waals surface area contributed by atoms with Crippen molar-refractivity contribution in [2.75, 3.05) is 5.32 Å². The van der Waals surface area contributed by atoms with Crippen molar-refractivity contribution in [1.29, 1.82) is 0 Å². The van der Waals surface area contributed by atoms with E-state index in [9.17, 15) is 9.59 Å². The molecule has 7 heteroatoms. The van der Waals surface area contributed by atoms with Gasteiger partial charge in [-0.05, 0) is 36.6 Å². The molecule has 0 aliphatic heterocycles. The summed E-state index contributed by atoms with van der Waals surface area (Å²) in [4.78, 5) is 25.2. The van der Waals surface area contributed by atoms with Crippen LogP contribution >= 0.6 is 34.8 Å². The van der Waals surface area contributed by atoms with E-state index in [0.717, 1.165) is 5.56 Å². The minimum absolute atomic E-state index is 0.135. The SMILES string of the molecule is Cc1ccccc1C(=O)N[C@H](C(=O)Nc1cc(Cl)c(Cl)cc1Cl)C(C)C. The van der Waals surface area contributed by atoms with E-state index in [1.807, 2.05) is 32.9 Å². The molecule has 2 rings (SSSR count). The lowest BCUT2D eigenvalue weighted by Gasteiger charge is -2.22. The van der Waals surface area contributed by atoms with Crippen molar-refractivity contribution >= 4 is 52.3 Å². The maximum Gasteiger partial charge on any atom is 0.252 e. The summed E-state index contributed by atoms with van der Waals surface area (Å²) in [5, 5.41) is 6.32. The second kappa shape index (κ2) is 8.76. The number of halogens is 3. The van der Waals surface area contributed by atoms with Gasteiger partial charge in [0, 0.05) is 5.56 Å². The van der Waals surface area contributed by atoms with Gasteiger partial charge in [-0.15, -0.1) is 0 Å². The summed E-state index contributed by atoms with van der Waals surface area (Å²) in [6.45, 7) is 5.53. The maximum atomic E-state index is 12.7. The lowest BCUT2D eigenvalue weighted by Crippen LogP contribution is -2.47. The molecule has 0 bridgehead atoms. The number of carbonyl (C=O) groups is 2. The highest BCUT2D eigenvalue weighted by Gasteiger charge is 2.26. The third-order valence-electron chi connectivity index (χ3n) is 3.89. The Bertz CT molecular complexity index is 838. The largest absolute Gasteiger partial charge is 0.340 e. The summed E-state index contributed by atoms with van der Waals surface area (Å²) >= 11 is 18.0. The monoisotopic (exact) mass is 412 g/mol. The first-order valence-corrected chi connectivity index (χ1v) is 9.16. The molecule has 26 heavy (non-hydrogen) atoms. The van der Waals surface area contributed by atoms with Gasteiger partial charge in [0.25, 0.3) is 5.91 Å². The summed E-state index contributed by atoms with van der Waals surface area (Å²) < 4.78 is 0. The number of anilines is 1. The highest BCUT2D eigenvalue weighted by atomic mass is 35.5. The molecule has 0 aliphatic rings.